The zero-order chi connectivity index (χ0) is 10.1. The summed E-state index contributed by atoms with van der Waals surface area (Å²) in [6, 6.07) is 4.12. The van der Waals surface area contributed by atoms with E-state index < -0.39 is 0 Å². The molecule has 1 aliphatic rings. The van der Waals surface area contributed by atoms with Gasteiger partial charge in [-0.3, -0.25) is 0 Å². The molecule has 2 nitrogen and oxygen atoms in total. The van der Waals surface area contributed by atoms with E-state index in [1.807, 2.05) is 6.07 Å². The maximum Gasteiger partial charge on any atom is 0.125 e. The first-order chi connectivity index (χ1) is 6.66. The van der Waals surface area contributed by atoms with Gasteiger partial charge in [-0.15, -0.1) is 0 Å². The minimum absolute atomic E-state index is 0.322. The van der Waals surface area contributed by atoms with Gasteiger partial charge in [0, 0.05) is 17.3 Å². The summed E-state index contributed by atoms with van der Waals surface area (Å²) in [5.74, 6) is 0.981. The number of ether oxygens (including phenoxy) is 1. The highest BCUT2D eigenvalue weighted by atomic mass is 79.9. The molecule has 0 spiro atoms. The van der Waals surface area contributed by atoms with Crippen molar-refractivity contribution in [2.75, 3.05) is 6.61 Å². The molecule has 1 N–H and O–H groups in total. The highest BCUT2D eigenvalue weighted by molar-refractivity contribution is 9.10. The average molecular weight is 257 g/mol. The van der Waals surface area contributed by atoms with Gasteiger partial charge in [0.1, 0.15) is 5.75 Å². The highest BCUT2D eigenvalue weighted by Crippen LogP contribution is 2.33. The Hall–Kier alpha value is -0.540. The van der Waals surface area contributed by atoms with E-state index in [0.29, 0.717) is 6.42 Å². The molecule has 3 heteroatoms. The lowest BCUT2D eigenvalue weighted by molar-refractivity contribution is 0.194. The fourth-order valence-corrected chi connectivity index (χ4v) is 2.37. The van der Waals surface area contributed by atoms with E-state index in [4.69, 9.17) is 4.74 Å². The molecule has 1 aliphatic heterocycles. The van der Waals surface area contributed by atoms with Crippen LogP contribution in [0.15, 0.2) is 16.6 Å². The van der Waals surface area contributed by atoms with Gasteiger partial charge >= 0.3 is 0 Å². The topological polar surface area (TPSA) is 29.5 Å². The molecule has 1 atom stereocenters. The molecule has 0 radical (unpaired) electrons. The van der Waals surface area contributed by atoms with Crippen LogP contribution in [0.25, 0.3) is 0 Å². The van der Waals surface area contributed by atoms with Crippen molar-refractivity contribution in [2.24, 2.45) is 0 Å². The minimum atomic E-state index is -0.322. The van der Waals surface area contributed by atoms with Crippen molar-refractivity contribution in [3.8, 4) is 5.75 Å². The number of hydrogen-bond donors (Lipinski definition) is 1. The summed E-state index contributed by atoms with van der Waals surface area (Å²) < 4.78 is 6.62. The Morgan fingerprint density at radius 2 is 2.36 bits per heavy atom. The zero-order valence-corrected chi connectivity index (χ0v) is 9.67. The molecular formula is C11H13BrO2. The summed E-state index contributed by atoms with van der Waals surface area (Å²) >= 11 is 3.47. The van der Waals surface area contributed by atoms with E-state index >= 15 is 0 Å². The number of benzene rings is 1. The van der Waals surface area contributed by atoms with Crippen LogP contribution in [0.5, 0.6) is 5.75 Å². The Morgan fingerprint density at radius 3 is 3.07 bits per heavy atom. The Balaban J connectivity index is 2.38. The third-order valence-electron chi connectivity index (χ3n) is 2.34. The maximum absolute atomic E-state index is 9.36. The van der Waals surface area contributed by atoms with E-state index in [1.54, 1.807) is 6.92 Å². The van der Waals surface area contributed by atoms with Gasteiger partial charge in [0.2, 0.25) is 0 Å². The minimum Gasteiger partial charge on any atom is -0.493 e. The number of fused-ring (bicyclic) bond motifs is 1. The number of rotatable bonds is 2. The summed E-state index contributed by atoms with van der Waals surface area (Å²) in [5.41, 5.74) is 2.34. The van der Waals surface area contributed by atoms with Crippen molar-refractivity contribution in [3.05, 3.63) is 27.7 Å². The molecule has 76 valence electrons. The monoisotopic (exact) mass is 256 g/mol. The maximum atomic E-state index is 9.36. The summed E-state index contributed by atoms with van der Waals surface area (Å²) in [4.78, 5) is 0. The molecule has 0 aliphatic carbocycles. The van der Waals surface area contributed by atoms with Gasteiger partial charge in [-0.05, 0) is 30.2 Å². The summed E-state index contributed by atoms with van der Waals surface area (Å²) in [6.07, 6.45) is 1.31. The second kappa shape index (κ2) is 3.91. The first kappa shape index (κ1) is 9.99. The molecule has 0 saturated carbocycles. The molecule has 1 aromatic carbocycles. The SMILES string of the molecule is CC(O)Cc1cc(Br)cc2c1OCC2. The van der Waals surface area contributed by atoms with Crippen LogP contribution in [0.4, 0.5) is 0 Å². The smallest absolute Gasteiger partial charge is 0.125 e. The number of hydrogen-bond acceptors (Lipinski definition) is 2. The van der Waals surface area contributed by atoms with Gasteiger partial charge in [0.25, 0.3) is 0 Å². The summed E-state index contributed by atoms with van der Waals surface area (Å²) in [7, 11) is 0. The van der Waals surface area contributed by atoms with Crippen molar-refractivity contribution in [2.45, 2.75) is 25.9 Å². The lowest BCUT2D eigenvalue weighted by Crippen LogP contribution is -2.05. The molecular weight excluding hydrogens is 244 g/mol. The molecule has 0 aromatic heterocycles. The standard InChI is InChI=1S/C11H13BrO2/c1-7(13)4-9-6-10(12)5-8-2-3-14-11(8)9/h5-7,13H,2-4H2,1H3. The Kier molecular flexibility index (Phi) is 2.79. The largest absolute Gasteiger partial charge is 0.493 e. The molecule has 1 heterocycles. The van der Waals surface area contributed by atoms with E-state index in [2.05, 4.69) is 22.0 Å². The molecule has 2 rings (SSSR count). The van der Waals surface area contributed by atoms with Gasteiger partial charge in [0.15, 0.2) is 0 Å². The third-order valence-corrected chi connectivity index (χ3v) is 2.80. The quantitative estimate of drug-likeness (QED) is 0.880. The fourth-order valence-electron chi connectivity index (χ4n) is 1.82. The molecule has 1 unspecified atom stereocenters. The highest BCUT2D eigenvalue weighted by Gasteiger charge is 2.17. The lowest BCUT2D eigenvalue weighted by Gasteiger charge is -2.10. The van der Waals surface area contributed by atoms with Crippen LogP contribution in [0.2, 0.25) is 0 Å². The van der Waals surface area contributed by atoms with E-state index in [1.165, 1.54) is 5.56 Å². The van der Waals surface area contributed by atoms with Crippen molar-refractivity contribution < 1.29 is 9.84 Å². The summed E-state index contributed by atoms with van der Waals surface area (Å²) in [5, 5.41) is 9.36. The molecule has 0 saturated heterocycles. The average Bonchev–Trinajstić information content (AvgIpc) is 2.50. The van der Waals surface area contributed by atoms with Crippen molar-refractivity contribution in [3.63, 3.8) is 0 Å². The van der Waals surface area contributed by atoms with Crippen LogP contribution in [0.3, 0.4) is 0 Å². The van der Waals surface area contributed by atoms with E-state index in [9.17, 15) is 5.11 Å². The van der Waals surface area contributed by atoms with Crippen LogP contribution in [-0.2, 0) is 12.8 Å². The van der Waals surface area contributed by atoms with E-state index in [-0.39, 0.29) is 6.10 Å². The second-order valence-electron chi connectivity index (χ2n) is 3.70. The summed E-state index contributed by atoms with van der Waals surface area (Å²) in [6.45, 7) is 2.56. The van der Waals surface area contributed by atoms with Crippen LogP contribution in [-0.4, -0.2) is 17.8 Å². The number of aliphatic hydroxyl groups excluding tert-OH is 1. The van der Waals surface area contributed by atoms with Crippen LogP contribution < -0.4 is 4.74 Å². The van der Waals surface area contributed by atoms with Gasteiger partial charge < -0.3 is 9.84 Å². The molecule has 1 aromatic rings. The van der Waals surface area contributed by atoms with Crippen molar-refractivity contribution in [1.82, 2.24) is 0 Å². The molecule has 0 amide bonds. The van der Waals surface area contributed by atoms with Gasteiger partial charge in [-0.1, -0.05) is 15.9 Å². The normalized spacial score (nSPS) is 16.2. The predicted octanol–water partition coefficient (Wildman–Crippen LogP) is 2.31. The first-order valence-electron chi connectivity index (χ1n) is 4.79. The number of halogens is 1. The van der Waals surface area contributed by atoms with Crippen molar-refractivity contribution >= 4 is 15.9 Å². The van der Waals surface area contributed by atoms with Crippen LogP contribution in [0.1, 0.15) is 18.1 Å². The zero-order valence-electron chi connectivity index (χ0n) is 8.09. The molecule has 0 bridgehead atoms. The van der Waals surface area contributed by atoms with Crippen LogP contribution in [0, 0.1) is 0 Å². The molecule has 0 fully saturated rings. The molecule has 14 heavy (non-hydrogen) atoms. The Labute approximate surface area is 92.0 Å². The third kappa shape index (κ3) is 1.93. The lowest BCUT2D eigenvalue weighted by atomic mass is 10.0. The van der Waals surface area contributed by atoms with Crippen molar-refractivity contribution in [1.29, 1.82) is 0 Å². The number of aliphatic hydroxyl groups is 1. The van der Waals surface area contributed by atoms with Gasteiger partial charge in [-0.25, -0.2) is 0 Å². The van der Waals surface area contributed by atoms with E-state index in [0.717, 1.165) is 28.8 Å². The predicted molar refractivity (Wildman–Crippen MR) is 58.7 cm³/mol. The Morgan fingerprint density at radius 1 is 1.57 bits per heavy atom. The first-order valence-corrected chi connectivity index (χ1v) is 5.58. The fraction of sp³-hybridized carbons (Fsp3) is 0.455. The van der Waals surface area contributed by atoms with Crippen LogP contribution >= 0.6 is 15.9 Å². The second-order valence-corrected chi connectivity index (χ2v) is 4.62. The van der Waals surface area contributed by atoms with Gasteiger partial charge in [-0.2, -0.15) is 0 Å². The van der Waals surface area contributed by atoms with Gasteiger partial charge in [0.05, 0.1) is 12.7 Å². The Bertz CT molecular complexity index is 347.